The molecular formula is C23H32O3Si. The van der Waals surface area contributed by atoms with E-state index in [2.05, 4.69) is 41.5 Å². The van der Waals surface area contributed by atoms with Crippen LogP contribution >= 0.6 is 0 Å². The van der Waals surface area contributed by atoms with Gasteiger partial charge in [0.15, 0.2) is 11.6 Å². The number of fused-ring (bicyclic) bond motifs is 1. The van der Waals surface area contributed by atoms with Crippen LogP contribution in [0.15, 0.2) is 30.3 Å². The van der Waals surface area contributed by atoms with Crippen LogP contribution in [0.1, 0.15) is 76.1 Å². The Balaban J connectivity index is 2.75. The summed E-state index contributed by atoms with van der Waals surface area (Å²) in [7, 11) is -2.16. The van der Waals surface area contributed by atoms with E-state index in [1.807, 2.05) is 30.3 Å². The summed E-state index contributed by atoms with van der Waals surface area (Å²) in [4.78, 5) is 23.9. The van der Waals surface area contributed by atoms with Crippen LogP contribution in [0.3, 0.4) is 0 Å². The van der Waals surface area contributed by atoms with E-state index in [0.29, 0.717) is 27.8 Å². The summed E-state index contributed by atoms with van der Waals surface area (Å²) < 4.78 is 6.89. The summed E-state index contributed by atoms with van der Waals surface area (Å²) in [6, 6.07) is 9.40. The van der Waals surface area contributed by atoms with Gasteiger partial charge in [0.1, 0.15) is 5.75 Å². The van der Waals surface area contributed by atoms with Crippen LogP contribution in [-0.4, -0.2) is 19.9 Å². The summed E-state index contributed by atoms with van der Waals surface area (Å²) in [6.45, 7) is 16.6. The highest BCUT2D eigenvalue weighted by Gasteiger charge is 2.47. The second-order valence-electron chi connectivity index (χ2n) is 8.44. The average Bonchev–Trinajstić information content (AvgIpc) is 2.57. The lowest BCUT2D eigenvalue weighted by Crippen LogP contribution is -2.50. The molecular weight excluding hydrogens is 352 g/mol. The van der Waals surface area contributed by atoms with Crippen molar-refractivity contribution < 1.29 is 14.0 Å². The lowest BCUT2D eigenvalue weighted by Gasteiger charge is -2.42. The molecule has 0 N–H and O–H groups in total. The van der Waals surface area contributed by atoms with Crippen LogP contribution in [-0.2, 0) is 0 Å². The van der Waals surface area contributed by atoms with Crippen molar-refractivity contribution in [3.8, 4) is 5.75 Å². The first-order valence-corrected chi connectivity index (χ1v) is 11.9. The number of carbonyl (C=O) groups excluding carboxylic acids is 2. The molecule has 0 radical (unpaired) electrons. The normalized spacial score (nSPS) is 12.3. The van der Waals surface area contributed by atoms with Crippen molar-refractivity contribution >= 4 is 30.7 Å². The maximum Gasteiger partial charge on any atom is 0.258 e. The van der Waals surface area contributed by atoms with Crippen molar-refractivity contribution in [2.45, 2.75) is 72.0 Å². The van der Waals surface area contributed by atoms with Gasteiger partial charge in [-0.25, -0.2) is 0 Å². The van der Waals surface area contributed by atoms with E-state index in [4.69, 9.17) is 4.43 Å². The summed E-state index contributed by atoms with van der Waals surface area (Å²) in [6.07, 6.45) is 0. The van der Waals surface area contributed by atoms with Gasteiger partial charge in [-0.3, -0.25) is 9.59 Å². The molecule has 0 saturated carbocycles. The predicted molar refractivity (Wildman–Crippen MR) is 116 cm³/mol. The number of hydrogen-bond donors (Lipinski definition) is 0. The van der Waals surface area contributed by atoms with E-state index in [9.17, 15) is 9.59 Å². The first-order valence-electron chi connectivity index (χ1n) is 9.79. The summed E-state index contributed by atoms with van der Waals surface area (Å²) in [5, 5.41) is 1.84. The van der Waals surface area contributed by atoms with Gasteiger partial charge in [0.2, 0.25) is 0 Å². The minimum Gasteiger partial charge on any atom is -0.542 e. The van der Waals surface area contributed by atoms with Crippen LogP contribution in [0.5, 0.6) is 5.75 Å². The lowest BCUT2D eigenvalue weighted by atomic mass is 10.0. The van der Waals surface area contributed by atoms with Crippen LogP contribution in [0.25, 0.3) is 10.8 Å². The zero-order valence-corrected chi connectivity index (χ0v) is 18.8. The quantitative estimate of drug-likeness (QED) is 0.389. The Morgan fingerprint density at radius 1 is 0.778 bits per heavy atom. The number of Topliss-reactive ketones (excluding diaryl/α,β-unsaturated/α-hetero) is 2. The molecule has 2 aromatic carbocycles. The van der Waals surface area contributed by atoms with E-state index >= 15 is 0 Å². The maximum atomic E-state index is 12.1. The van der Waals surface area contributed by atoms with Crippen molar-refractivity contribution in [3.63, 3.8) is 0 Å². The molecule has 2 aromatic rings. The summed E-state index contributed by atoms with van der Waals surface area (Å²) in [5.74, 6) is 0.791. The Morgan fingerprint density at radius 2 is 1.26 bits per heavy atom. The van der Waals surface area contributed by atoms with Crippen LogP contribution < -0.4 is 4.43 Å². The Kier molecular flexibility index (Phi) is 6.30. The molecule has 27 heavy (non-hydrogen) atoms. The second-order valence-corrected chi connectivity index (χ2v) is 13.8. The van der Waals surface area contributed by atoms with Crippen molar-refractivity contribution in [1.82, 2.24) is 0 Å². The van der Waals surface area contributed by atoms with E-state index in [0.717, 1.165) is 16.5 Å². The molecule has 0 aliphatic rings. The molecule has 0 saturated heterocycles. The minimum absolute atomic E-state index is 0.000820. The Morgan fingerprint density at radius 3 is 1.70 bits per heavy atom. The summed E-state index contributed by atoms with van der Waals surface area (Å²) in [5.41, 5.74) is 2.58. The molecule has 0 heterocycles. The van der Waals surface area contributed by atoms with E-state index in [1.165, 1.54) is 0 Å². The zero-order valence-electron chi connectivity index (χ0n) is 17.8. The first kappa shape index (κ1) is 21.4. The zero-order chi connectivity index (χ0) is 20.5. The second kappa shape index (κ2) is 7.97. The molecule has 0 aliphatic carbocycles. The Hall–Kier alpha value is -1.94. The number of hydrogen-bond acceptors (Lipinski definition) is 3. The molecule has 4 heteroatoms. The number of carbonyl (C=O) groups is 2. The van der Waals surface area contributed by atoms with Crippen molar-refractivity contribution in [2.75, 3.05) is 0 Å². The molecule has 0 aromatic heterocycles. The van der Waals surface area contributed by atoms with Crippen molar-refractivity contribution in [3.05, 3.63) is 41.5 Å². The van der Waals surface area contributed by atoms with E-state index in [-0.39, 0.29) is 11.6 Å². The molecule has 0 amide bonds. The van der Waals surface area contributed by atoms with Gasteiger partial charge in [0.25, 0.3) is 8.32 Å². The minimum atomic E-state index is -2.16. The largest absolute Gasteiger partial charge is 0.542 e. The molecule has 0 atom stereocenters. The third-order valence-electron chi connectivity index (χ3n) is 5.72. The van der Waals surface area contributed by atoms with Crippen molar-refractivity contribution in [1.29, 1.82) is 0 Å². The van der Waals surface area contributed by atoms with E-state index in [1.54, 1.807) is 13.8 Å². The smallest absolute Gasteiger partial charge is 0.258 e. The van der Waals surface area contributed by atoms with E-state index < -0.39 is 8.32 Å². The highest BCUT2D eigenvalue weighted by Crippen LogP contribution is 2.44. The van der Waals surface area contributed by atoms with Gasteiger partial charge in [0, 0.05) is 16.5 Å². The maximum absolute atomic E-state index is 12.1. The standard InChI is InChI=1S/C23H32O3Si/c1-14(2)27(15(3)4,16(5)6)26-23-13-20(18(8)25)12-21-11-19(17(7)24)9-10-22(21)23/h9-16H,1-8H3. The van der Waals surface area contributed by atoms with Gasteiger partial charge >= 0.3 is 0 Å². The molecule has 0 aliphatic heterocycles. The van der Waals surface area contributed by atoms with Crippen molar-refractivity contribution in [2.24, 2.45) is 0 Å². The van der Waals surface area contributed by atoms with Gasteiger partial charge in [-0.15, -0.1) is 0 Å². The molecule has 3 nitrogen and oxygen atoms in total. The molecule has 0 fully saturated rings. The fraction of sp³-hybridized carbons (Fsp3) is 0.478. The summed E-state index contributed by atoms with van der Waals surface area (Å²) >= 11 is 0. The molecule has 0 spiro atoms. The Labute approximate surface area is 164 Å². The van der Waals surface area contributed by atoms with Crippen LogP contribution in [0.4, 0.5) is 0 Å². The van der Waals surface area contributed by atoms with Gasteiger partial charge in [0.05, 0.1) is 0 Å². The Bertz CT molecular complexity index is 838. The fourth-order valence-electron chi connectivity index (χ4n) is 4.39. The first-order chi connectivity index (χ1) is 12.5. The molecule has 0 unspecified atom stereocenters. The van der Waals surface area contributed by atoms with Gasteiger partial charge < -0.3 is 4.43 Å². The van der Waals surface area contributed by atoms with Gasteiger partial charge in [-0.2, -0.15) is 0 Å². The fourth-order valence-corrected chi connectivity index (χ4v) is 9.64. The third-order valence-corrected chi connectivity index (χ3v) is 11.7. The molecule has 0 bridgehead atoms. The highest BCUT2D eigenvalue weighted by molar-refractivity contribution is 6.78. The monoisotopic (exact) mass is 384 g/mol. The predicted octanol–water partition coefficient (Wildman–Crippen LogP) is 6.80. The topological polar surface area (TPSA) is 43.4 Å². The molecule has 2 rings (SSSR count). The third kappa shape index (κ3) is 4.01. The SMILES string of the molecule is CC(=O)c1ccc2c(O[Si](C(C)C)(C(C)C)C(C)C)cc(C(C)=O)cc2c1. The number of rotatable bonds is 7. The van der Waals surface area contributed by atoms with Gasteiger partial charge in [-0.1, -0.05) is 47.6 Å². The average molecular weight is 385 g/mol. The lowest BCUT2D eigenvalue weighted by molar-refractivity contribution is 0.101. The molecule has 146 valence electrons. The number of benzene rings is 2. The highest BCUT2D eigenvalue weighted by atomic mass is 28.4. The van der Waals surface area contributed by atoms with Crippen LogP contribution in [0, 0.1) is 0 Å². The number of ketones is 2. The van der Waals surface area contributed by atoms with Gasteiger partial charge in [-0.05, 0) is 60.1 Å². The van der Waals surface area contributed by atoms with Crippen LogP contribution in [0.2, 0.25) is 16.6 Å².